The Morgan fingerprint density at radius 2 is 1.74 bits per heavy atom. The molecule has 1 aliphatic rings. The molecular formula is C25H29NO5. The SMILES string of the molecule is COc1cccc(CN2C(=O)C(O)=C(C(=O)C(C)C)C2c2cccc(OC(C)C)c2)c1. The molecule has 2 aromatic rings. The van der Waals surface area contributed by atoms with Gasteiger partial charge in [-0.3, -0.25) is 9.59 Å². The molecule has 1 aliphatic heterocycles. The molecule has 1 unspecified atom stereocenters. The van der Waals surface area contributed by atoms with Crippen LogP contribution in [0.1, 0.15) is 44.9 Å². The van der Waals surface area contributed by atoms with E-state index in [0.29, 0.717) is 17.1 Å². The maximum atomic E-state index is 13.1. The monoisotopic (exact) mass is 423 g/mol. The van der Waals surface area contributed by atoms with Crippen LogP contribution in [0.2, 0.25) is 0 Å². The predicted molar refractivity (Wildman–Crippen MR) is 118 cm³/mol. The highest BCUT2D eigenvalue weighted by Crippen LogP contribution is 2.40. The zero-order valence-corrected chi connectivity index (χ0v) is 18.6. The van der Waals surface area contributed by atoms with Crippen LogP contribution in [-0.2, 0) is 16.1 Å². The number of carbonyl (C=O) groups excluding carboxylic acids is 2. The van der Waals surface area contributed by atoms with E-state index in [1.165, 1.54) is 4.90 Å². The van der Waals surface area contributed by atoms with E-state index in [0.717, 1.165) is 5.56 Å². The van der Waals surface area contributed by atoms with Gasteiger partial charge in [0.1, 0.15) is 11.5 Å². The molecule has 0 fully saturated rings. The van der Waals surface area contributed by atoms with Crippen LogP contribution in [-0.4, -0.2) is 34.9 Å². The third kappa shape index (κ3) is 4.74. The highest BCUT2D eigenvalue weighted by atomic mass is 16.5. The Kier molecular flexibility index (Phi) is 6.68. The molecule has 0 spiro atoms. The van der Waals surface area contributed by atoms with Gasteiger partial charge in [0, 0.05) is 12.5 Å². The van der Waals surface area contributed by atoms with Gasteiger partial charge in [-0.2, -0.15) is 0 Å². The second-order valence-electron chi connectivity index (χ2n) is 8.21. The van der Waals surface area contributed by atoms with Gasteiger partial charge in [0.15, 0.2) is 11.5 Å². The van der Waals surface area contributed by atoms with Gasteiger partial charge in [-0.25, -0.2) is 0 Å². The van der Waals surface area contributed by atoms with Gasteiger partial charge in [-0.05, 0) is 49.2 Å². The number of hydrogen-bond acceptors (Lipinski definition) is 5. The highest BCUT2D eigenvalue weighted by Gasteiger charge is 2.44. The van der Waals surface area contributed by atoms with Crippen molar-refractivity contribution in [3.8, 4) is 11.5 Å². The first-order chi connectivity index (χ1) is 14.7. The van der Waals surface area contributed by atoms with Crippen LogP contribution < -0.4 is 9.47 Å². The molecule has 0 saturated heterocycles. The van der Waals surface area contributed by atoms with Crippen LogP contribution in [0.4, 0.5) is 0 Å². The standard InChI is InChI=1S/C25H29NO5/c1-15(2)23(27)21-22(18-9-7-11-20(13-18)31-16(3)4)26(25(29)24(21)28)14-17-8-6-10-19(12-17)30-5/h6-13,15-16,22,28H,14H2,1-5H3. The first-order valence-electron chi connectivity index (χ1n) is 10.4. The molecule has 1 heterocycles. The first kappa shape index (κ1) is 22.4. The molecule has 0 bridgehead atoms. The van der Waals surface area contributed by atoms with E-state index in [-0.39, 0.29) is 29.9 Å². The van der Waals surface area contributed by atoms with Crippen LogP contribution in [0.3, 0.4) is 0 Å². The van der Waals surface area contributed by atoms with E-state index in [1.54, 1.807) is 21.0 Å². The van der Waals surface area contributed by atoms with Crippen LogP contribution >= 0.6 is 0 Å². The number of hydrogen-bond donors (Lipinski definition) is 1. The highest BCUT2D eigenvalue weighted by molar-refractivity contribution is 6.09. The van der Waals surface area contributed by atoms with Crippen molar-refractivity contribution < 1.29 is 24.2 Å². The molecule has 1 atom stereocenters. The van der Waals surface area contributed by atoms with Crippen molar-refractivity contribution in [1.82, 2.24) is 4.90 Å². The van der Waals surface area contributed by atoms with Gasteiger partial charge in [0.25, 0.3) is 5.91 Å². The van der Waals surface area contributed by atoms with E-state index in [1.807, 2.05) is 62.4 Å². The summed E-state index contributed by atoms with van der Waals surface area (Å²) < 4.78 is 11.1. The topological polar surface area (TPSA) is 76.1 Å². The molecule has 31 heavy (non-hydrogen) atoms. The van der Waals surface area contributed by atoms with E-state index in [2.05, 4.69) is 0 Å². The molecule has 1 amide bonds. The quantitative estimate of drug-likeness (QED) is 0.671. The summed E-state index contributed by atoms with van der Waals surface area (Å²) in [5, 5.41) is 10.7. The van der Waals surface area contributed by atoms with Gasteiger partial charge in [-0.1, -0.05) is 38.1 Å². The fraction of sp³-hybridized carbons (Fsp3) is 0.360. The van der Waals surface area contributed by atoms with Crippen molar-refractivity contribution in [2.75, 3.05) is 7.11 Å². The normalized spacial score (nSPS) is 16.4. The van der Waals surface area contributed by atoms with Gasteiger partial charge >= 0.3 is 0 Å². The largest absolute Gasteiger partial charge is 0.503 e. The van der Waals surface area contributed by atoms with Crippen molar-refractivity contribution in [3.05, 3.63) is 71.0 Å². The van der Waals surface area contributed by atoms with Crippen molar-refractivity contribution in [3.63, 3.8) is 0 Å². The second kappa shape index (κ2) is 9.25. The Labute approximate surface area is 183 Å². The molecule has 6 nitrogen and oxygen atoms in total. The number of rotatable bonds is 8. The minimum absolute atomic E-state index is 0.0194. The summed E-state index contributed by atoms with van der Waals surface area (Å²) in [6.07, 6.45) is -0.0194. The fourth-order valence-corrected chi connectivity index (χ4v) is 3.72. The molecule has 0 aliphatic carbocycles. The predicted octanol–water partition coefficient (Wildman–Crippen LogP) is 4.60. The van der Waals surface area contributed by atoms with Gasteiger partial charge < -0.3 is 19.5 Å². The third-order valence-electron chi connectivity index (χ3n) is 5.13. The lowest BCUT2D eigenvalue weighted by Gasteiger charge is -2.28. The minimum atomic E-state index is -0.704. The summed E-state index contributed by atoms with van der Waals surface area (Å²) in [5.74, 6) is -0.347. The Bertz CT molecular complexity index is 1010. The summed E-state index contributed by atoms with van der Waals surface area (Å²) in [5.41, 5.74) is 1.67. The van der Waals surface area contributed by atoms with Gasteiger partial charge in [0.05, 0.1) is 24.8 Å². The van der Waals surface area contributed by atoms with E-state index < -0.39 is 17.7 Å². The Balaban J connectivity index is 2.07. The van der Waals surface area contributed by atoms with E-state index >= 15 is 0 Å². The summed E-state index contributed by atoms with van der Waals surface area (Å²) in [6, 6.07) is 14.0. The maximum absolute atomic E-state index is 13.1. The molecule has 0 radical (unpaired) electrons. The average Bonchev–Trinajstić information content (AvgIpc) is 2.98. The smallest absolute Gasteiger partial charge is 0.290 e. The molecule has 0 saturated carbocycles. The van der Waals surface area contributed by atoms with Gasteiger partial charge in [-0.15, -0.1) is 0 Å². The number of Topliss-reactive ketones (excluding diaryl/α,β-unsaturated/α-hetero) is 1. The third-order valence-corrected chi connectivity index (χ3v) is 5.13. The summed E-state index contributed by atoms with van der Waals surface area (Å²) in [4.78, 5) is 27.6. The van der Waals surface area contributed by atoms with Crippen LogP contribution in [0.25, 0.3) is 0 Å². The van der Waals surface area contributed by atoms with E-state index in [9.17, 15) is 14.7 Å². The number of aliphatic hydroxyl groups is 1. The molecule has 2 aromatic carbocycles. The van der Waals surface area contributed by atoms with Crippen molar-refractivity contribution >= 4 is 11.7 Å². The average molecular weight is 424 g/mol. The number of methoxy groups -OCH3 is 1. The number of ketones is 1. The number of benzene rings is 2. The number of amides is 1. The molecule has 0 aromatic heterocycles. The molecule has 164 valence electrons. The van der Waals surface area contributed by atoms with Crippen LogP contribution in [0.5, 0.6) is 11.5 Å². The molecule has 1 N–H and O–H groups in total. The Morgan fingerprint density at radius 1 is 1.06 bits per heavy atom. The molecule has 3 rings (SSSR count). The first-order valence-corrected chi connectivity index (χ1v) is 10.4. The summed E-state index contributed by atoms with van der Waals surface area (Å²) >= 11 is 0. The fourth-order valence-electron chi connectivity index (χ4n) is 3.72. The lowest BCUT2D eigenvalue weighted by Crippen LogP contribution is -2.31. The minimum Gasteiger partial charge on any atom is -0.503 e. The van der Waals surface area contributed by atoms with Gasteiger partial charge in [0.2, 0.25) is 0 Å². The zero-order valence-electron chi connectivity index (χ0n) is 18.6. The Morgan fingerprint density at radius 3 is 2.39 bits per heavy atom. The summed E-state index contributed by atoms with van der Waals surface area (Å²) in [7, 11) is 1.58. The number of nitrogens with zero attached hydrogens (tertiary/aromatic N) is 1. The van der Waals surface area contributed by atoms with Crippen molar-refractivity contribution in [1.29, 1.82) is 0 Å². The number of aliphatic hydroxyl groups excluding tert-OH is 1. The van der Waals surface area contributed by atoms with E-state index in [4.69, 9.17) is 9.47 Å². The maximum Gasteiger partial charge on any atom is 0.290 e. The zero-order chi connectivity index (χ0) is 22.7. The van der Waals surface area contributed by atoms with Crippen molar-refractivity contribution in [2.24, 2.45) is 5.92 Å². The Hall–Kier alpha value is -3.28. The number of ether oxygens (including phenoxy) is 2. The second-order valence-corrected chi connectivity index (χ2v) is 8.21. The number of carbonyl (C=O) groups is 2. The molecule has 6 heteroatoms. The van der Waals surface area contributed by atoms with Crippen LogP contribution in [0.15, 0.2) is 59.9 Å². The lowest BCUT2D eigenvalue weighted by molar-refractivity contribution is -0.130. The summed E-state index contributed by atoms with van der Waals surface area (Å²) in [6.45, 7) is 7.59. The lowest BCUT2D eigenvalue weighted by atomic mass is 9.91. The van der Waals surface area contributed by atoms with Crippen molar-refractivity contribution in [2.45, 2.75) is 46.4 Å². The molecular weight excluding hydrogens is 394 g/mol. The van der Waals surface area contributed by atoms with Crippen LogP contribution in [0, 0.1) is 5.92 Å².